The number of benzene rings is 1. The van der Waals surface area contributed by atoms with E-state index in [4.69, 9.17) is 3.07 Å². The van der Waals surface area contributed by atoms with Gasteiger partial charge in [0.25, 0.3) is 0 Å². The van der Waals surface area contributed by atoms with Crippen LogP contribution in [0.15, 0.2) is 29.2 Å². The van der Waals surface area contributed by atoms with Crippen LogP contribution in [0.5, 0.6) is 0 Å². The van der Waals surface area contributed by atoms with Gasteiger partial charge in [-0.2, -0.15) is 0 Å². The van der Waals surface area contributed by atoms with Crippen LogP contribution >= 0.6 is 0 Å². The van der Waals surface area contributed by atoms with Crippen molar-refractivity contribution in [2.24, 2.45) is 5.92 Å². The summed E-state index contributed by atoms with van der Waals surface area (Å²) >= 11 is -3.19. The number of aryl methyl sites for hydroxylation is 1. The zero-order valence-corrected chi connectivity index (χ0v) is 24.7. The molecule has 1 N–H and O–H groups in total. The maximum atomic E-state index is 13.5. The quantitative estimate of drug-likeness (QED) is 0.227. The molecule has 0 bridgehead atoms. The molecule has 32 heavy (non-hydrogen) atoms. The monoisotopic (exact) mass is 575 g/mol. The Labute approximate surface area is 201 Å². The molecular formula is C25H45NO4SSn. The van der Waals surface area contributed by atoms with Crippen molar-refractivity contribution < 1.29 is 16.3 Å². The third-order valence-corrected chi connectivity index (χ3v) is 20.0. The molecule has 1 unspecified atom stereocenters. The molecule has 1 aromatic rings. The van der Waals surface area contributed by atoms with Crippen LogP contribution in [0.4, 0.5) is 0 Å². The van der Waals surface area contributed by atoms with Gasteiger partial charge in [-0.15, -0.1) is 0 Å². The second-order valence-corrected chi connectivity index (χ2v) is 22.9. The van der Waals surface area contributed by atoms with E-state index in [1.54, 1.807) is 24.3 Å². The molecule has 0 heterocycles. The standard InChI is InChI=1S/C13H19NO4S.3C4H9.Sn/c1-9(2)8-12(13(15)16)14-19(17,18)11-6-4-10(3)5-7-11;3*1-3-4-2;/h4-7,9,12,14H,8H2,1-3H3,(H,15,16);3*1,3-4H2,2H3;/q;;;;+1/p-1. The van der Waals surface area contributed by atoms with Crippen LogP contribution in [0.3, 0.4) is 0 Å². The van der Waals surface area contributed by atoms with Gasteiger partial charge in [0.15, 0.2) is 0 Å². The summed E-state index contributed by atoms with van der Waals surface area (Å²) in [5.74, 6) is -0.187. The first-order valence-corrected chi connectivity index (χ1v) is 21.1. The van der Waals surface area contributed by atoms with E-state index in [9.17, 15) is 13.2 Å². The average molecular weight is 574 g/mol. The summed E-state index contributed by atoms with van der Waals surface area (Å²) in [6.45, 7) is 12.4. The molecule has 0 aliphatic heterocycles. The summed E-state index contributed by atoms with van der Waals surface area (Å²) in [5.41, 5.74) is 0.990. The van der Waals surface area contributed by atoms with Gasteiger partial charge >= 0.3 is 202 Å². The van der Waals surface area contributed by atoms with Gasteiger partial charge in [0.05, 0.1) is 0 Å². The van der Waals surface area contributed by atoms with Crippen molar-refractivity contribution in [1.29, 1.82) is 0 Å². The van der Waals surface area contributed by atoms with E-state index < -0.39 is 34.9 Å². The summed E-state index contributed by atoms with van der Waals surface area (Å²) in [5, 5.41) is 0. The summed E-state index contributed by atoms with van der Waals surface area (Å²) in [4.78, 5) is 13.6. The summed E-state index contributed by atoms with van der Waals surface area (Å²) < 4.78 is 38.3. The van der Waals surface area contributed by atoms with Crippen molar-refractivity contribution in [2.75, 3.05) is 0 Å². The van der Waals surface area contributed by atoms with Crippen LogP contribution in [0, 0.1) is 12.8 Å². The predicted molar refractivity (Wildman–Crippen MR) is 136 cm³/mol. The van der Waals surface area contributed by atoms with E-state index in [2.05, 4.69) is 25.5 Å². The molecule has 0 saturated carbocycles. The van der Waals surface area contributed by atoms with Crippen molar-refractivity contribution in [3.05, 3.63) is 29.8 Å². The van der Waals surface area contributed by atoms with Gasteiger partial charge in [-0.25, -0.2) is 0 Å². The molecular weight excluding hydrogens is 529 g/mol. The molecule has 0 radical (unpaired) electrons. The minimum atomic E-state index is -3.80. The van der Waals surface area contributed by atoms with E-state index in [0.29, 0.717) is 6.42 Å². The molecule has 0 aromatic heterocycles. The van der Waals surface area contributed by atoms with Crippen molar-refractivity contribution in [3.63, 3.8) is 0 Å². The Morgan fingerprint density at radius 2 is 1.41 bits per heavy atom. The second-order valence-electron chi connectivity index (χ2n) is 9.53. The molecule has 1 aromatic carbocycles. The Balaban J connectivity index is 3.16. The van der Waals surface area contributed by atoms with Crippen LogP contribution in [0.25, 0.3) is 0 Å². The van der Waals surface area contributed by atoms with E-state index in [1.807, 2.05) is 20.8 Å². The van der Waals surface area contributed by atoms with Crippen LogP contribution in [-0.2, 0) is 17.9 Å². The second kappa shape index (κ2) is 14.6. The zero-order valence-electron chi connectivity index (χ0n) is 21.1. The van der Waals surface area contributed by atoms with Crippen LogP contribution in [0.1, 0.15) is 85.1 Å². The molecule has 0 saturated heterocycles. The van der Waals surface area contributed by atoms with Crippen molar-refractivity contribution in [1.82, 2.24) is 4.72 Å². The molecule has 184 valence electrons. The third-order valence-electron chi connectivity index (χ3n) is 5.90. The Kier molecular flexibility index (Phi) is 13.4. The van der Waals surface area contributed by atoms with Crippen molar-refractivity contribution in [3.8, 4) is 0 Å². The number of unbranched alkanes of at least 4 members (excludes halogenated alkanes) is 3. The van der Waals surface area contributed by atoms with Gasteiger partial charge < -0.3 is 0 Å². The number of hydrogen-bond acceptors (Lipinski definition) is 4. The minimum absolute atomic E-state index is 0.166. The van der Waals surface area contributed by atoms with Crippen molar-refractivity contribution >= 4 is 34.8 Å². The normalized spacial score (nSPS) is 13.3. The van der Waals surface area contributed by atoms with Crippen LogP contribution < -0.4 is 4.72 Å². The molecule has 7 heteroatoms. The molecule has 5 nitrogen and oxygen atoms in total. The van der Waals surface area contributed by atoms with Crippen molar-refractivity contribution in [2.45, 2.75) is 111 Å². The molecule has 0 aliphatic carbocycles. The van der Waals surface area contributed by atoms with E-state index >= 15 is 0 Å². The zero-order chi connectivity index (χ0) is 24.2. The summed E-state index contributed by atoms with van der Waals surface area (Å²) in [7, 11) is -3.80. The fourth-order valence-electron chi connectivity index (χ4n) is 3.95. The number of nitrogens with one attached hydrogen (secondary N) is 1. The average Bonchev–Trinajstić information content (AvgIpc) is 2.74. The first kappa shape index (κ1) is 29.4. The SMILES string of the molecule is CCC[CH2][Sn]([CH2]CCC)([CH2]CCC)[O]C(=O)C(CC(C)C)NS(=O)(=O)c1ccc(C)cc1. The van der Waals surface area contributed by atoms with Gasteiger partial charge in [0, 0.05) is 0 Å². The van der Waals surface area contributed by atoms with Gasteiger partial charge in [-0.3, -0.25) is 0 Å². The fourth-order valence-corrected chi connectivity index (χ4v) is 18.3. The Morgan fingerprint density at radius 1 is 0.938 bits per heavy atom. The molecule has 0 aliphatic rings. The van der Waals surface area contributed by atoms with Crippen LogP contribution in [-0.4, -0.2) is 39.2 Å². The predicted octanol–water partition coefficient (Wildman–Crippen LogP) is 6.58. The number of carbonyl (C=O) groups excluding carboxylic acids is 1. The Hall–Kier alpha value is -0.601. The number of rotatable bonds is 16. The first-order valence-electron chi connectivity index (χ1n) is 12.4. The molecule has 1 atom stereocenters. The number of carbonyl (C=O) groups is 1. The van der Waals surface area contributed by atoms with Gasteiger partial charge in [0.2, 0.25) is 0 Å². The molecule has 0 fully saturated rings. The summed E-state index contributed by atoms with van der Waals surface area (Å²) in [6, 6.07) is 5.87. The molecule has 0 amide bonds. The van der Waals surface area contributed by atoms with E-state index in [-0.39, 0.29) is 16.8 Å². The molecule has 1 rings (SSSR count). The van der Waals surface area contributed by atoms with E-state index in [0.717, 1.165) is 57.4 Å². The number of hydrogen-bond donors (Lipinski definition) is 1. The topological polar surface area (TPSA) is 72.5 Å². The number of sulfonamides is 1. The third kappa shape index (κ3) is 10.1. The fraction of sp³-hybridized carbons (Fsp3) is 0.720. The van der Waals surface area contributed by atoms with Gasteiger partial charge in [-0.1, -0.05) is 0 Å². The van der Waals surface area contributed by atoms with Crippen LogP contribution in [0.2, 0.25) is 13.3 Å². The van der Waals surface area contributed by atoms with Gasteiger partial charge in [-0.05, 0) is 0 Å². The molecule has 0 spiro atoms. The Bertz CT molecular complexity index is 756. The Morgan fingerprint density at radius 3 is 1.81 bits per heavy atom. The first-order chi connectivity index (χ1) is 15.1. The van der Waals surface area contributed by atoms with E-state index in [1.165, 1.54) is 0 Å². The summed E-state index contributed by atoms with van der Waals surface area (Å²) in [6.07, 6.45) is 6.95. The maximum absolute atomic E-state index is 13.5. The van der Waals surface area contributed by atoms with Gasteiger partial charge in [0.1, 0.15) is 0 Å².